The van der Waals surface area contributed by atoms with E-state index in [-0.39, 0.29) is 5.56 Å². The second kappa shape index (κ2) is 9.39. The lowest BCUT2D eigenvalue weighted by molar-refractivity contribution is 0.0697. The van der Waals surface area contributed by atoms with Crippen molar-refractivity contribution in [1.82, 2.24) is 0 Å². The normalized spacial score (nSPS) is 10.9. The van der Waals surface area contributed by atoms with Gasteiger partial charge in [0.1, 0.15) is 6.61 Å². The number of rotatable bonds is 7. The number of benzene rings is 3. The van der Waals surface area contributed by atoms with Gasteiger partial charge >= 0.3 is 5.97 Å². The fourth-order valence-electron chi connectivity index (χ4n) is 2.70. The van der Waals surface area contributed by atoms with Crippen LogP contribution in [0.5, 0.6) is 11.5 Å². The van der Waals surface area contributed by atoms with Crippen LogP contribution in [0.4, 0.5) is 5.69 Å². The summed E-state index contributed by atoms with van der Waals surface area (Å²) in [4.78, 5) is 15.5. The summed E-state index contributed by atoms with van der Waals surface area (Å²) in [6.45, 7) is 2.32. The smallest absolute Gasteiger partial charge is 0.335 e. The molecule has 0 spiro atoms. The van der Waals surface area contributed by atoms with Gasteiger partial charge in [0.2, 0.25) is 0 Å². The Labute approximate surface area is 177 Å². The van der Waals surface area contributed by atoms with Crippen LogP contribution in [0.2, 0.25) is 0 Å². The molecule has 5 nitrogen and oxygen atoms in total. The highest BCUT2D eigenvalue weighted by Crippen LogP contribution is 2.29. The van der Waals surface area contributed by atoms with E-state index >= 15 is 0 Å². The highest BCUT2D eigenvalue weighted by atomic mass is 79.9. The van der Waals surface area contributed by atoms with Crippen LogP contribution in [0, 0.1) is 6.92 Å². The number of halogens is 1. The third-order valence-corrected chi connectivity index (χ3v) is 4.79. The minimum Gasteiger partial charge on any atom is -0.493 e. The lowest BCUT2D eigenvalue weighted by Crippen LogP contribution is -2.00. The molecule has 6 heteroatoms. The molecule has 0 fully saturated rings. The van der Waals surface area contributed by atoms with Crippen molar-refractivity contribution >= 4 is 33.8 Å². The van der Waals surface area contributed by atoms with Gasteiger partial charge in [0, 0.05) is 10.7 Å². The molecule has 0 aromatic heterocycles. The second-order valence-electron chi connectivity index (χ2n) is 6.39. The van der Waals surface area contributed by atoms with Gasteiger partial charge in [-0.05, 0) is 72.1 Å². The summed E-state index contributed by atoms with van der Waals surface area (Å²) in [5.74, 6) is 0.255. The molecule has 0 aliphatic rings. The monoisotopic (exact) mass is 453 g/mol. The molecule has 0 unspecified atom stereocenters. The zero-order chi connectivity index (χ0) is 20.8. The number of hydrogen-bond acceptors (Lipinski definition) is 4. The van der Waals surface area contributed by atoms with Crippen molar-refractivity contribution in [1.29, 1.82) is 0 Å². The number of carboxylic acids is 1. The molecule has 0 aliphatic carbocycles. The summed E-state index contributed by atoms with van der Waals surface area (Å²) in [5.41, 5.74) is 3.99. The summed E-state index contributed by atoms with van der Waals surface area (Å²) < 4.78 is 12.3. The molecule has 0 saturated heterocycles. The maximum atomic E-state index is 10.9. The van der Waals surface area contributed by atoms with Crippen molar-refractivity contribution in [2.75, 3.05) is 7.11 Å². The third-order valence-electron chi connectivity index (χ3n) is 4.29. The van der Waals surface area contributed by atoms with E-state index in [0.29, 0.717) is 18.1 Å². The first-order valence-electron chi connectivity index (χ1n) is 8.89. The molecule has 1 N–H and O–H groups in total. The second-order valence-corrected chi connectivity index (χ2v) is 7.31. The predicted molar refractivity (Wildman–Crippen MR) is 117 cm³/mol. The van der Waals surface area contributed by atoms with Gasteiger partial charge in [0.15, 0.2) is 11.5 Å². The first-order chi connectivity index (χ1) is 14.0. The van der Waals surface area contributed by atoms with Gasteiger partial charge in [-0.1, -0.05) is 28.1 Å². The van der Waals surface area contributed by atoms with Gasteiger partial charge in [0.05, 0.1) is 18.4 Å². The van der Waals surface area contributed by atoms with E-state index in [4.69, 9.17) is 14.6 Å². The van der Waals surface area contributed by atoms with E-state index in [2.05, 4.69) is 20.9 Å². The van der Waals surface area contributed by atoms with E-state index in [1.807, 2.05) is 43.3 Å². The third kappa shape index (κ3) is 5.45. The number of carbonyl (C=O) groups is 1. The van der Waals surface area contributed by atoms with Crippen LogP contribution in [0.1, 0.15) is 27.0 Å². The van der Waals surface area contributed by atoms with Gasteiger partial charge in [-0.25, -0.2) is 4.79 Å². The number of aromatic carboxylic acids is 1. The maximum Gasteiger partial charge on any atom is 0.335 e. The molecule has 3 aromatic carbocycles. The average Bonchev–Trinajstić information content (AvgIpc) is 2.72. The van der Waals surface area contributed by atoms with E-state index in [0.717, 1.165) is 26.9 Å². The number of aliphatic imine (C=N–C) groups is 1. The summed E-state index contributed by atoms with van der Waals surface area (Å²) in [6.07, 6.45) is 1.78. The van der Waals surface area contributed by atoms with Crippen molar-refractivity contribution in [3.8, 4) is 11.5 Å². The largest absolute Gasteiger partial charge is 0.493 e. The number of carboxylic acid groups (broad SMARTS) is 1. The number of nitrogens with zero attached hydrogens (tertiary/aromatic N) is 1. The standard InChI is InChI=1S/C23H20BrNO4/c1-15-11-19(24)8-9-20(15)25-13-17-5-10-21(22(12-17)28-2)29-14-16-3-6-18(7-4-16)23(26)27/h3-13H,14H2,1-2H3,(H,26,27). The minimum absolute atomic E-state index is 0.246. The van der Waals surface area contributed by atoms with Crippen LogP contribution >= 0.6 is 15.9 Å². The fraction of sp³-hybridized carbons (Fsp3) is 0.130. The zero-order valence-electron chi connectivity index (χ0n) is 16.1. The molecule has 0 bridgehead atoms. The van der Waals surface area contributed by atoms with E-state index in [1.54, 1.807) is 37.6 Å². The molecular formula is C23H20BrNO4. The highest BCUT2D eigenvalue weighted by Gasteiger charge is 2.07. The topological polar surface area (TPSA) is 68.1 Å². The number of methoxy groups -OCH3 is 1. The van der Waals surface area contributed by atoms with Crippen molar-refractivity contribution in [3.05, 3.63) is 87.4 Å². The SMILES string of the molecule is COc1cc(C=Nc2ccc(Br)cc2C)ccc1OCc1ccc(C(=O)O)cc1. The first-order valence-corrected chi connectivity index (χ1v) is 9.69. The molecule has 0 atom stereocenters. The number of hydrogen-bond donors (Lipinski definition) is 1. The van der Waals surface area contributed by atoms with E-state index < -0.39 is 5.97 Å². The summed E-state index contributed by atoms with van der Waals surface area (Å²) in [5, 5.41) is 8.96. The van der Waals surface area contributed by atoms with Crippen molar-refractivity contribution in [3.63, 3.8) is 0 Å². The molecule has 3 rings (SSSR count). The zero-order valence-corrected chi connectivity index (χ0v) is 17.6. The summed E-state index contributed by atoms with van der Waals surface area (Å²) in [6, 6.07) is 18.1. The van der Waals surface area contributed by atoms with Gasteiger partial charge in [-0.3, -0.25) is 4.99 Å². The Morgan fingerprint density at radius 1 is 1.07 bits per heavy atom. The molecule has 0 amide bonds. The molecule has 0 aliphatic heterocycles. The fourth-order valence-corrected chi connectivity index (χ4v) is 3.17. The molecule has 3 aromatic rings. The van der Waals surface area contributed by atoms with Crippen LogP contribution in [0.15, 0.2) is 70.1 Å². The number of ether oxygens (including phenoxy) is 2. The molecule has 0 heterocycles. The van der Waals surface area contributed by atoms with Crippen LogP contribution in [0.3, 0.4) is 0 Å². The Balaban J connectivity index is 1.71. The Hall–Kier alpha value is -3.12. The summed E-state index contributed by atoms with van der Waals surface area (Å²) in [7, 11) is 1.59. The number of aryl methyl sites for hydroxylation is 1. The molecular weight excluding hydrogens is 434 g/mol. The highest BCUT2D eigenvalue weighted by molar-refractivity contribution is 9.10. The Morgan fingerprint density at radius 3 is 2.48 bits per heavy atom. The van der Waals surface area contributed by atoms with Gasteiger partial charge in [-0.2, -0.15) is 0 Å². The lowest BCUT2D eigenvalue weighted by Gasteiger charge is -2.11. The Kier molecular flexibility index (Phi) is 6.67. The lowest BCUT2D eigenvalue weighted by atomic mass is 10.1. The van der Waals surface area contributed by atoms with Crippen LogP contribution < -0.4 is 9.47 Å². The quantitative estimate of drug-likeness (QED) is 0.459. The van der Waals surface area contributed by atoms with Crippen molar-refractivity contribution < 1.29 is 19.4 Å². The van der Waals surface area contributed by atoms with Gasteiger partial charge in [0.25, 0.3) is 0 Å². The van der Waals surface area contributed by atoms with Crippen LogP contribution in [-0.4, -0.2) is 24.4 Å². The Morgan fingerprint density at radius 2 is 1.83 bits per heavy atom. The van der Waals surface area contributed by atoms with Crippen molar-refractivity contribution in [2.45, 2.75) is 13.5 Å². The summed E-state index contributed by atoms with van der Waals surface area (Å²) >= 11 is 3.45. The van der Waals surface area contributed by atoms with Crippen molar-refractivity contribution in [2.24, 2.45) is 4.99 Å². The van der Waals surface area contributed by atoms with E-state index in [9.17, 15) is 4.79 Å². The average molecular weight is 454 g/mol. The maximum absolute atomic E-state index is 10.9. The predicted octanol–water partition coefficient (Wildman–Crippen LogP) is 5.79. The van der Waals surface area contributed by atoms with Gasteiger partial charge < -0.3 is 14.6 Å². The van der Waals surface area contributed by atoms with Gasteiger partial charge in [-0.15, -0.1) is 0 Å². The minimum atomic E-state index is -0.949. The molecule has 29 heavy (non-hydrogen) atoms. The van der Waals surface area contributed by atoms with Crippen LogP contribution in [0.25, 0.3) is 0 Å². The molecule has 148 valence electrons. The first kappa shape index (κ1) is 20.6. The Bertz CT molecular complexity index is 1050. The molecule has 0 saturated carbocycles. The van der Waals surface area contributed by atoms with E-state index in [1.165, 1.54) is 0 Å². The van der Waals surface area contributed by atoms with Crippen LogP contribution in [-0.2, 0) is 6.61 Å². The molecule has 0 radical (unpaired) electrons.